The van der Waals surface area contributed by atoms with Crippen LogP contribution in [0.2, 0.25) is 0 Å². The maximum atomic E-state index is 13.0. The predicted molar refractivity (Wildman–Crippen MR) is 79.8 cm³/mol. The molecular formula is C15H23N5O2. The molecule has 0 radical (unpaired) electrons. The molecular weight excluding hydrogens is 282 g/mol. The predicted octanol–water partition coefficient (Wildman–Crippen LogP) is 0.746. The number of hydrogen-bond donors (Lipinski definition) is 1. The second-order valence-electron chi connectivity index (χ2n) is 6.58. The number of likely N-dealkylation sites (tertiary alicyclic amines) is 1. The van der Waals surface area contributed by atoms with Crippen LogP contribution in [-0.4, -0.2) is 50.1 Å². The van der Waals surface area contributed by atoms with Gasteiger partial charge in [-0.25, -0.2) is 9.67 Å². The van der Waals surface area contributed by atoms with Crippen molar-refractivity contribution in [1.82, 2.24) is 25.0 Å². The Hall–Kier alpha value is -1.92. The van der Waals surface area contributed by atoms with E-state index in [4.69, 9.17) is 0 Å². The summed E-state index contributed by atoms with van der Waals surface area (Å²) in [5.41, 5.74) is -0.768. The van der Waals surface area contributed by atoms with Crippen LogP contribution in [-0.2, 0) is 9.59 Å². The maximum Gasteiger partial charge on any atom is 0.248 e. The molecule has 2 fully saturated rings. The Morgan fingerprint density at radius 3 is 2.68 bits per heavy atom. The molecule has 1 aliphatic heterocycles. The number of aromatic nitrogens is 3. The van der Waals surface area contributed by atoms with Gasteiger partial charge in [-0.15, -0.1) is 0 Å². The van der Waals surface area contributed by atoms with Crippen molar-refractivity contribution in [3.05, 3.63) is 12.7 Å². The number of piperidine rings is 1. The van der Waals surface area contributed by atoms with E-state index in [1.165, 1.54) is 13.3 Å². The summed E-state index contributed by atoms with van der Waals surface area (Å²) in [6.45, 7) is 4.71. The molecule has 22 heavy (non-hydrogen) atoms. The molecule has 2 amide bonds. The van der Waals surface area contributed by atoms with Crippen molar-refractivity contribution in [2.45, 2.75) is 51.1 Å². The summed E-state index contributed by atoms with van der Waals surface area (Å²) in [6, 6.07) is 0.168. The highest BCUT2D eigenvalue weighted by Gasteiger charge is 2.50. The van der Waals surface area contributed by atoms with E-state index in [1.54, 1.807) is 6.33 Å². The Bertz CT molecular complexity index is 554. The van der Waals surface area contributed by atoms with Crippen molar-refractivity contribution in [1.29, 1.82) is 0 Å². The molecule has 1 aromatic rings. The molecule has 1 saturated heterocycles. The van der Waals surface area contributed by atoms with Gasteiger partial charge in [0.15, 0.2) is 0 Å². The first-order valence-electron chi connectivity index (χ1n) is 7.93. The minimum Gasteiger partial charge on any atom is -0.342 e. The fourth-order valence-electron chi connectivity index (χ4n) is 3.45. The lowest BCUT2D eigenvalue weighted by Gasteiger charge is -2.39. The molecule has 0 aromatic carbocycles. The normalized spacial score (nSPS) is 24.6. The van der Waals surface area contributed by atoms with Crippen LogP contribution in [0.1, 0.15) is 45.6 Å². The standard InChI is InChI=1S/C15H23N5O2/c1-11(21)18-15(2,12-5-6-12)14(22)19-7-3-4-13(8-19)20-10-16-9-17-20/h9-10,12-13H,3-8H2,1-2H3,(H,18,21)/t13-,15-/m1/s1. The molecule has 2 heterocycles. The second-order valence-corrected chi connectivity index (χ2v) is 6.58. The molecule has 1 N–H and O–H groups in total. The van der Waals surface area contributed by atoms with E-state index in [1.807, 2.05) is 16.5 Å². The largest absolute Gasteiger partial charge is 0.342 e. The van der Waals surface area contributed by atoms with E-state index in [0.717, 1.165) is 32.2 Å². The number of nitrogens with zero attached hydrogens (tertiary/aromatic N) is 4. The Morgan fingerprint density at radius 2 is 2.09 bits per heavy atom. The summed E-state index contributed by atoms with van der Waals surface area (Å²) in [5.74, 6) is 0.151. The molecule has 1 aliphatic carbocycles. The fraction of sp³-hybridized carbons (Fsp3) is 0.733. The zero-order chi connectivity index (χ0) is 15.7. The monoisotopic (exact) mass is 305 g/mol. The van der Waals surface area contributed by atoms with Crippen molar-refractivity contribution in [2.24, 2.45) is 5.92 Å². The molecule has 3 rings (SSSR count). The summed E-state index contributed by atoms with van der Waals surface area (Å²) in [6.07, 6.45) is 7.16. The van der Waals surface area contributed by atoms with Gasteiger partial charge < -0.3 is 10.2 Å². The minimum atomic E-state index is -0.768. The Morgan fingerprint density at radius 1 is 1.32 bits per heavy atom. The zero-order valence-corrected chi connectivity index (χ0v) is 13.2. The third kappa shape index (κ3) is 2.84. The highest BCUT2D eigenvalue weighted by Crippen LogP contribution is 2.41. The van der Waals surface area contributed by atoms with Gasteiger partial charge in [0, 0.05) is 20.0 Å². The van der Waals surface area contributed by atoms with Crippen molar-refractivity contribution in [3.8, 4) is 0 Å². The topological polar surface area (TPSA) is 80.1 Å². The van der Waals surface area contributed by atoms with Crippen LogP contribution in [0, 0.1) is 5.92 Å². The first-order valence-corrected chi connectivity index (χ1v) is 7.93. The molecule has 1 aromatic heterocycles. The van der Waals surface area contributed by atoms with Crippen LogP contribution in [0.3, 0.4) is 0 Å². The highest BCUT2D eigenvalue weighted by molar-refractivity contribution is 5.91. The molecule has 7 heteroatoms. The number of carbonyl (C=O) groups is 2. The summed E-state index contributed by atoms with van der Waals surface area (Å²) < 4.78 is 1.83. The number of amides is 2. The van der Waals surface area contributed by atoms with Crippen molar-refractivity contribution in [2.75, 3.05) is 13.1 Å². The van der Waals surface area contributed by atoms with Gasteiger partial charge in [0.05, 0.1) is 6.04 Å². The number of nitrogens with one attached hydrogen (secondary N) is 1. The van der Waals surface area contributed by atoms with Crippen molar-refractivity contribution in [3.63, 3.8) is 0 Å². The van der Waals surface area contributed by atoms with E-state index in [2.05, 4.69) is 15.4 Å². The Kier molecular flexibility index (Phi) is 3.88. The van der Waals surface area contributed by atoms with Crippen molar-refractivity contribution >= 4 is 11.8 Å². The first-order chi connectivity index (χ1) is 10.5. The molecule has 2 atom stereocenters. The summed E-state index contributed by atoms with van der Waals surface area (Å²) in [5, 5.41) is 7.09. The Labute approximate surface area is 130 Å². The SMILES string of the molecule is CC(=O)N[C@@](C)(C(=O)N1CCC[C@@H](n2cncn2)C1)C1CC1. The average molecular weight is 305 g/mol. The van der Waals surface area contributed by atoms with Crippen LogP contribution in [0.4, 0.5) is 0 Å². The van der Waals surface area contributed by atoms with E-state index in [-0.39, 0.29) is 23.8 Å². The van der Waals surface area contributed by atoms with Gasteiger partial charge in [-0.2, -0.15) is 5.10 Å². The quantitative estimate of drug-likeness (QED) is 0.890. The van der Waals surface area contributed by atoms with Crippen LogP contribution < -0.4 is 5.32 Å². The average Bonchev–Trinajstić information content (AvgIpc) is 3.22. The van der Waals surface area contributed by atoms with Gasteiger partial charge in [0.1, 0.15) is 18.2 Å². The van der Waals surface area contributed by atoms with E-state index >= 15 is 0 Å². The van der Waals surface area contributed by atoms with E-state index < -0.39 is 5.54 Å². The number of carbonyl (C=O) groups excluding carboxylic acids is 2. The lowest BCUT2D eigenvalue weighted by molar-refractivity contribution is -0.143. The summed E-state index contributed by atoms with van der Waals surface area (Å²) in [7, 11) is 0. The third-order valence-electron chi connectivity index (χ3n) is 4.77. The van der Waals surface area contributed by atoms with Crippen LogP contribution in [0.25, 0.3) is 0 Å². The number of rotatable bonds is 4. The van der Waals surface area contributed by atoms with Crippen LogP contribution in [0.5, 0.6) is 0 Å². The van der Waals surface area contributed by atoms with Crippen molar-refractivity contribution < 1.29 is 9.59 Å². The maximum absolute atomic E-state index is 13.0. The highest BCUT2D eigenvalue weighted by atomic mass is 16.2. The van der Waals surface area contributed by atoms with E-state index in [9.17, 15) is 9.59 Å². The summed E-state index contributed by atoms with van der Waals surface area (Å²) >= 11 is 0. The molecule has 0 bridgehead atoms. The van der Waals surface area contributed by atoms with Gasteiger partial charge in [0.25, 0.3) is 0 Å². The molecule has 7 nitrogen and oxygen atoms in total. The van der Waals surface area contributed by atoms with Gasteiger partial charge in [0.2, 0.25) is 11.8 Å². The fourth-order valence-corrected chi connectivity index (χ4v) is 3.45. The van der Waals surface area contributed by atoms with Gasteiger partial charge >= 0.3 is 0 Å². The lowest BCUT2D eigenvalue weighted by atomic mass is 9.92. The lowest BCUT2D eigenvalue weighted by Crippen LogP contribution is -2.60. The number of hydrogen-bond acceptors (Lipinski definition) is 4. The third-order valence-corrected chi connectivity index (χ3v) is 4.77. The summed E-state index contributed by atoms with van der Waals surface area (Å²) in [4.78, 5) is 30.4. The van der Waals surface area contributed by atoms with Gasteiger partial charge in [-0.05, 0) is 38.5 Å². The van der Waals surface area contributed by atoms with Crippen LogP contribution >= 0.6 is 0 Å². The van der Waals surface area contributed by atoms with Gasteiger partial charge in [-0.1, -0.05) is 0 Å². The van der Waals surface area contributed by atoms with Gasteiger partial charge in [-0.3, -0.25) is 9.59 Å². The Balaban J connectivity index is 1.74. The molecule has 0 spiro atoms. The first kappa shape index (κ1) is 15.0. The molecule has 2 aliphatic rings. The second kappa shape index (κ2) is 5.70. The smallest absolute Gasteiger partial charge is 0.248 e. The molecule has 1 saturated carbocycles. The molecule has 120 valence electrons. The van der Waals surface area contributed by atoms with Crippen LogP contribution in [0.15, 0.2) is 12.7 Å². The van der Waals surface area contributed by atoms with E-state index in [0.29, 0.717) is 6.54 Å². The zero-order valence-electron chi connectivity index (χ0n) is 13.2. The molecule has 0 unspecified atom stereocenters. The minimum absolute atomic E-state index is 0.0371.